The summed E-state index contributed by atoms with van der Waals surface area (Å²) in [4.78, 5) is 21.5. The van der Waals surface area contributed by atoms with Crippen LogP contribution in [0.4, 0.5) is 5.69 Å². The molecular weight excluding hydrogens is 773 g/mol. The molecule has 4 atom stereocenters. The Morgan fingerprint density at radius 2 is 1.21 bits per heavy atom. The van der Waals surface area contributed by atoms with Gasteiger partial charge in [0.2, 0.25) is 0 Å². The van der Waals surface area contributed by atoms with Crippen molar-refractivity contribution in [1.29, 1.82) is 0 Å². The Hall–Kier alpha value is -7.38. The maximum atomic E-state index is 6.68. The van der Waals surface area contributed by atoms with Crippen LogP contribution in [0.15, 0.2) is 161 Å². The summed E-state index contributed by atoms with van der Waals surface area (Å²) in [5, 5.41) is 6.81. The van der Waals surface area contributed by atoms with Crippen LogP contribution in [0.5, 0.6) is 0 Å². The fourth-order valence-electron chi connectivity index (χ4n) is 11.8. The molecule has 7 aromatic carbocycles. The minimum absolute atomic E-state index is 0.150. The van der Waals surface area contributed by atoms with E-state index in [0.29, 0.717) is 29.4 Å². The number of fused-ring (bicyclic) bond motifs is 13. The molecule has 3 fully saturated rings. The van der Waals surface area contributed by atoms with E-state index in [1.807, 2.05) is 12.1 Å². The first-order valence-corrected chi connectivity index (χ1v) is 22.3. The average molecular weight is 817 g/mol. The van der Waals surface area contributed by atoms with Crippen LogP contribution in [0.25, 0.3) is 99.7 Å². The van der Waals surface area contributed by atoms with Crippen molar-refractivity contribution in [1.82, 2.24) is 24.1 Å². The summed E-state index contributed by atoms with van der Waals surface area (Å²) >= 11 is 0. The summed E-state index contributed by atoms with van der Waals surface area (Å²) in [6.07, 6.45) is 4.65. The Balaban J connectivity index is 1.10. The molecule has 4 aromatic heterocycles. The van der Waals surface area contributed by atoms with Crippen molar-refractivity contribution in [2.75, 3.05) is 0 Å². The number of hydrogen-bond donors (Lipinski definition) is 0. The largest absolute Gasteiger partial charge is 0.455 e. The van der Waals surface area contributed by atoms with E-state index in [4.69, 9.17) is 19.4 Å². The van der Waals surface area contributed by atoms with Gasteiger partial charge in [0.25, 0.3) is 0 Å². The highest BCUT2D eigenvalue weighted by Crippen LogP contribution is 2.60. The molecule has 4 heterocycles. The molecule has 14 rings (SSSR count). The molecule has 0 saturated heterocycles. The Kier molecular flexibility index (Phi) is 7.81. The van der Waals surface area contributed by atoms with Crippen molar-refractivity contribution in [3.8, 4) is 34.2 Å². The number of nitrogens with zero attached hydrogens (tertiary/aromatic N) is 6. The number of rotatable bonds is 6. The van der Waals surface area contributed by atoms with Gasteiger partial charge in [-0.25, -0.2) is 15.0 Å². The van der Waals surface area contributed by atoms with Gasteiger partial charge in [-0.1, -0.05) is 111 Å². The minimum atomic E-state index is -0.150. The summed E-state index contributed by atoms with van der Waals surface area (Å²) in [5.74, 6) is 3.90. The Labute approximate surface area is 364 Å². The van der Waals surface area contributed by atoms with Crippen LogP contribution in [-0.2, 0) is 5.41 Å². The van der Waals surface area contributed by atoms with Gasteiger partial charge >= 0.3 is 0 Å². The first-order valence-electron chi connectivity index (χ1n) is 22.3. The third kappa shape index (κ3) is 5.13. The van der Waals surface area contributed by atoms with E-state index >= 15 is 0 Å². The normalized spacial score (nSPS) is 19.9. The van der Waals surface area contributed by atoms with E-state index < -0.39 is 0 Å². The van der Waals surface area contributed by atoms with Gasteiger partial charge in [0.05, 0.1) is 44.5 Å². The SMILES string of the molecule is C=Nc1cccc(-c2nc(-c3ccccc3-n3c4ccccc4c4c5oc6ccccc6c5ccc43)nc(C34CC(CC[C@@H](C)C3)[C@@H]4C)n2)c1-n1c2ccccc2c2ccccc21. The van der Waals surface area contributed by atoms with E-state index in [1.54, 1.807) is 0 Å². The molecule has 7 nitrogen and oxygen atoms in total. The van der Waals surface area contributed by atoms with Gasteiger partial charge in [-0.2, -0.15) is 0 Å². The summed E-state index contributed by atoms with van der Waals surface area (Å²) in [5.41, 5.74) is 10.5. The second kappa shape index (κ2) is 13.6. The monoisotopic (exact) mass is 816 g/mol. The zero-order chi connectivity index (χ0) is 42.0. The third-order valence-corrected chi connectivity index (χ3v) is 14.8. The summed E-state index contributed by atoms with van der Waals surface area (Å²) in [6.45, 7) is 8.94. The highest BCUT2D eigenvalue weighted by atomic mass is 16.3. The highest BCUT2D eigenvalue weighted by molar-refractivity contribution is 6.24. The zero-order valence-electron chi connectivity index (χ0n) is 35.3. The van der Waals surface area contributed by atoms with Crippen molar-refractivity contribution in [3.05, 3.63) is 157 Å². The summed E-state index contributed by atoms with van der Waals surface area (Å²) in [7, 11) is 0. The fourth-order valence-corrected chi connectivity index (χ4v) is 11.8. The van der Waals surface area contributed by atoms with Gasteiger partial charge in [0, 0.05) is 43.5 Å². The van der Waals surface area contributed by atoms with Crippen LogP contribution in [0.1, 0.15) is 45.4 Å². The molecule has 0 radical (unpaired) electrons. The van der Waals surface area contributed by atoms with Gasteiger partial charge in [0.1, 0.15) is 17.0 Å². The van der Waals surface area contributed by atoms with Crippen molar-refractivity contribution >= 4 is 78.0 Å². The first-order chi connectivity index (χ1) is 31.0. The van der Waals surface area contributed by atoms with Gasteiger partial charge in [-0.3, -0.25) is 4.99 Å². The molecule has 3 aliphatic carbocycles. The maximum absolute atomic E-state index is 6.68. The van der Waals surface area contributed by atoms with Crippen LogP contribution in [0.2, 0.25) is 0 Å². The van der Waals surface area contributed by atoms with Crippen LogP contribution in [0.3, 0.4) is 0 Å². The van der Waals surface area contributed by atoms with Gasteiger partial charge < -0.3 is 13.6 Å². The molecule has 304 valence electrons. The van der Waals surface area contributed by atoms with Crippen LogP contribution < -0.4 is 0 Å². The van der Waals surface area contributed by atoms with E-state index in [2.05, 4.69) is 174 Å². The molecule has 0 amide bonds. The van der Waals surface area contributed by atoms with Crippen LogP contribution in [-0.4, -0.2) is 30.8 Å². The molecule has 63 heavy (non-hydrogen) atoms. The van der Waals surface area contributed by atoms with Crippen molar-refractivity contribution in [2.45, 2.75) is 44.9 Å². The van der Waals surface area contributed by atoms with Gasteiger partial charge in [0.15, 0.2) is 11.6 Å². The lowest BCUT2D eigenvalue weighted by Crippen LogP contribution is -2.50. The number of benzene rings is 7. The highest BCUT2D eigenvalue weighted by Gasteiger charge is 2.56. The Morgan fingerprint density at radius 1 is 0.571 bits per heavy atom. The smallest absolute Gasteiger partial charge is 0.165 e. The number of hydrogen-bond acceptors (Lipinski definition) is 5. The molecule has 11 aromatic rings. The topological polar surface area (TPSA) is 74.0 Å². The number of para-hydroxylation sites is 6. The standard InChI is InChI=1S/C56H44N6O/c1-33-27-28-35-32-56(31-33,34(35)2)55-59-53(58-54(60-55)42-20-14-21-43(57-3)51(42)62-44-22-9-4-15-36(44)37-16-5-10-23-45(37)62)41-19-7-12-25-47(41)61-46-24-11-6-18-40(46)50-48(61)30-29-39-38-17-8-13-26-49(38)63-52(39)50/h4-26,29-30,33-35H,3,27-28,31-32H2,1-2H3/t33-,34+,35?,56?/m1/s1. The lowest BCUT2D eigenvalue weighted by atomic mass is 9.52. The van der Waals surface area contributed by atoms with Gasteiger partial charge in [-0.15, -0.1) is 0 Å². The summed E-state index contributed by atoms with van der Waals surface area (Å²) in [6, 6.07) is 53.4. The molecule has 0 aliphatic heterocycles. The number of aromatic nitrogens is 5. The maximum Gasteiger partial charge on any atom is 0.165 e. The van der Waals surface area contributed by atoms with E-state index in [0.717, 1.165) is 102 Å². The molecule has 3 aliphatic rings. The fraction of sp³-hybridized carbons (Fsp3) is 0.179. The molecular formula is C56H44N6O. The van der Waals surface area contributed by atoms with E-state index in [-0.39, 0.29) is 5.41 Å². The lowest BCUT2D eigenvalue weighted by molar-refractivity contribution is 0.0374. The van der Waals surface area contributed by atoms with Gasteiger partial charge in [-0.05, 0) is 104 Å². The zero-order valence-corrected chi connectivity index (χ0v) is 35.3. The Morgan fingerprint density at radius 3 is 1.95 bits per heavy atom. The van der Waals surface area contributed by atoms with Crippen molar-refractivity contribution in [2.24, 2.45) is 22.7 Å². The van der Waals surface area contributed by atoms with Crippen molar-refractivity contribution in [3.63, 3.8) is 0 Å². The molecule has 2 unspecified atom stereocenters. The second-order valence-corrected chi connectivity index (χ2v) is 18.1. The van der Waals surface area contributed by atoms with Crippen LogP contribution in [0, 0.1) is 17.8 Å². The average Bonchev–Trinajstić information content (AvgIpc) is 3.91. The third-order valence-electron chi connectivity index (χ3n) is 14.8. The molecule has 7 heteroatoms. The predicted octanol–water partition coefficient (Wildman–Crippen LogP) is 14.3. The van der Waals surface area contributed by atoms with E-state index in [1.165, 1.54) is 23.6 Å². The predicted molar refractivity (Wildman–Crippen MR) is 258 cm³/mol. The first kappa shape index (κ1) is 36.3. The van der Waals surface area contributed by atoms with E-state index in [9.17, 15) is 0 Å². The second-order valence-electron chi connectivity index (χ2n) is 18.1. The molecule has 3 saturated carbocycles. The molecule has 0 N–H and O–H groups in total. The van der Waals surface area contributed by atoms with Crippen LogP contribution >= 0.6 is 0 Å². The lowest BCUT2D eigenvalue weighted by Gasteiger charge is -2.52. The van der Waals surface area contributed by atoms with Crippen molar-refractivity contribution < 1.29 is 4.42 Å². The summed E-state index contributed by atoms with van der Waals surface area (Å²) < 4.78 is 11.4. The quantitative estimate of drug-likeness (QED) is 0.157. The minimum Gasteiger partial charge on any atom is -0.455 e. The number of furan rings is 1. The number of aliphatic imine (C=N–C) groups is 1. The molecule has 2 bridgehead atoms. The Bertz CT molecular complexity index is 3630. The molecule has 0 spiro atoms.